The van der Waals surface area contributed by atoms with Crippen molar-refractivity contribution in [1.82, 2.24) is 25.3 Å². The van der Waals surface area contributed by atoms with E-state index >= 15 is 0 Å². The van der Waals surface area contributed by atoms with Crippen LogP contribution in [0.3, 0.4) is 0 Å². The van der Waals surface area contributed by atoms with Gasteiger partial charge in [-0.25, -0.2) is 0 Å². The molecule has 0 radical (unpaired) electrons. The van der Waals surface area contributed by atoms with Crippen LogP contribution < -0.4 is 5.32 Å². The molecule has 0 aliphatic heterocycles. The van der Waals surface area contributed by atoms with Crippen molar-refractivity contribution in [2.45, 2.75) is 20.0 Å². The second-order valence-corrected chi connectivity index (χ2v) is 4.58. The van der Waals surface area contributed by atoms with E-state index in [9.17, 15) is 0 Å². The summed E-state index contributed by atoms with van der Waals surface area (Å²) in [5.41, 5.74) is 3.07. The predicted octanol–water partition coefficient (Wildman–Crippen LogP) is 1.57. The molecule has 6 heteroatoms. The van der Waals surface area contributed by atoms with Gasteiger partial charge in [0.2, 0.25) is 0 Å². The van der Waals surface area contributed by atoms with E-state index in [4.69, 9.17) is 0 Å². The lowest BCUT2D eigenvalue weighted by Gasteiger charge is -2.05. The van der Waals surface area contributed by atoms with Crippen LogP contribution in [0, 0.1) is 6.92 Å². The van der Waals surface area contributed by atoms with Crippen molar-refractivity contribution >= 4 is 15.9 Å². The molecule has 0 fully saturated rings. The van der Waals surface area contributed by atoms with E-state index in [-0.39, 0.29) is 0 Å². The smallest absolute Gasteiger partial charge is 0.0769 e. The molecule has 0 saturated heterocycles. The minimum Gasteiger partial charge on any atom is -0.305 e. The first-order valence-electron chi connectivity index (χ1n) is 5.33. The predicted molar refractivity (Wildman–Crippen MR) is 68.2 cm³/mol. The number of hydrogen-bond acceptors (Lipinski definition) is 4. The largest absolute Gasteiger partial charge is 0.305 e. The summed E-state index contributed by atoms with van der Waals surface area (Å²) in [6, 6.07) is 3.83. The number of aromatic nitrogens is 4. The van der Waals surface area contributed by atoms with Crippen LogP contribution in [0.25, 0.3) is 0 Å². The van der Waals surface area contributed by atoms with Gasteiger partial charge >= 0.3 is 0 Å². The molecule has 2 rings (SSSR count). The monoisotopic (exact) mass is 295 g/mol. The SMILES string of the molecule is Cc1nn(C)c(CNCc2cccnn2)c1Br. The minimum absolute atomic E-state index is 0.699. The summed E-state index contributed by atoms with van der Waals surface area (Å²) in [6.45, 7) is 3.43. The summed E-state index contributed by atoms with van der Waals surface area (Å²) in [5.74, 6) is 0. The van der Waals surface area contributed by atoms with Crippen molar-refractivity contribution in [3.63, 3.8) is 0 Å². The average molecular weight is 296 g/mol. The third-order valence-corrected chi connectivity index (χ3v) is 3.52. The van der Waals surface area contributed by atoms with Crippen LogP contribution in [0.4, 0.5) is 0 Å². The van der Waals surface area contributed by atoms with Gasteiger partial charge in [-0.2, -0.15) is 15.3 Å². The molecule has 2 aromatic heterocycles. The van der Waals surface area contributed by atoms with Gasteiger partial charge in [-0.05, 0) is 35.0 Å². The normalized spacial score (nSPS) is 10.8. The number of nitrogens with zero attached hydrogens (tertiary/aromatic N) is 4. The van der Waals surface area contributed by atoms with E-state index in [1.165, 1.54) is 0 Å². The third kappa shape index (κ3) is 2.89. The lowest BCUT2D eigenvalue weighted by atomic mass is 10.3. The number of hydrogen-bond donors (Lipinski definition) is 1. The topological polar surface area (TPSA) is 55.6 Å². The average Bonchev–Trinajstić information content (AvgIpc) is 2.57. The molecule has 0 aliphatic rings. The van der Waals surface area contributed by atoms with Gasteiger partial charge in [0.1, 0.15) is 0 Å². The molecule has 2 aromatic rings. The van der Waals surface area contributed by atoms with Crippen molar-refractivity contribution in [2.75, 3.05) is 0 Å². The molecule has 0 bridgehead atoms. The lowest BCUT2D eigenvalue weighted by molar-refractivity contribution is 0.613. The fourth-order valence-corrected chi connectivity index (χ4v) is 2.08. The molecule has 5 nitrogen and oxygen atoms in total. The highest BCUT2D eigenvalue weighted by Gasteiger charge is 2.09. The van der Waals surface area contributed by atoms with E-state index in [1.54, 1.807) is 6.20 Å². The zero-order chi connectivity index (χ0) is 12.3. The standard InChI is InChI=1S/C11H14BrN5/c1-8-11(12)10(17(2)16-8)7-13-6-9-4-3-5-14-15-9/h3-5,13H,6-7H2,1-2H3. The maximum absolute atomic E-state index is 4.34. The van der Waals surface area contributed by atoms with Gasteiger partial charge in [-0.1, -0.05) is 0 Å². The Bertz CT molecular complexity index is 494. The van der Waals surface area contributed by atoms with Crippen LogP contribution in [0.1, 0.15) is 17.1 Å². The van der Waals surface area contributed by atoms with E-state index in [0.29, 0.717) is 6.54 Å². The van der Waals surface area contributed by atoms with Crippen molar-refractivity contribution in [3.8, 4) is 0 Å². The van der Waals surface area contributed by atoms with Crippen LogP contribution in [0.2, 0.25) is 0 Å². The Morgan fingerprint density at radius 3 is 2.82 bits per heavy atom. The van der Waals surface area contributed by atoms with Gasteiger partial charge in [0.05, 0.1) is 21.6 Å². The van der Waals surface area contributed by atoms with Crippen LogP contribution >= 0.6 is 15.9 Å². The molecule has 0 aliphatic carbocycles. The van der Waals surface area contributed by atoms with Gasteiger partial charge in [-0.3, -0.25) is 4.68 Å². The highest BCUT2D eigenvalue weighted by Crippen LogP contribution is 2.19. The molecule has 0 aromatic carbocycles. The van der Waals surface area contributed by atoms with Gasteiger partial charge in [0.15, 0.2) is 0 Å². The Hall–Kier alpha value is -1.27. The third-order valence-electron chi connectivity index (χ3n) is 2.49. The molecule has 0 amide bonds. The van der Waals surface area contributed by atoms with Crippen LogP contribution in [0.5, 0.6) is 0 Å². The summed E-state index contributed by atoms with van der Waals surface area (Å²) in [6.07, 6.45) is 1.67. The number of aryl methyl sites for hydroxylation is 2. The van der Waals surface area contributed by atoms with E-state index in [1.807, 2.05) is 30.8 Å². The molecule has 17 heavy (non-hydrogen) atoms. The van der Waals surface area contributed by atoms with Crippen LogP contribution in [-0.4, -0.2) is 20.0 Å². The second-order valence-electron chi connectivity index (χ2n) is 3.79. The van der Waals surface area contributed by atoms with Gasteiger partial charge in [-0.15, -0.1) is 0 Å². The minimum atomic E-state index is 0.699. The van der Waals surface area contributed by atoms with Crippen LogP contribution in [-0.2, 0) is 20.1 Å². The first-order chi connectivity index (χ1) is 8.18. The summed E-state index contributed by atoms with van der Waals surface area (Å²) in [5, 5.41) is 15.5. The molecule has 0 unspecified atom stereocenters. The highest BCUT2D eigenvalue weighted by molar-refractivity contribution is 9.10. The van der Waals surface area contributed by atoms with Crippen molar-refractivity contribution in [1.29, 1.82) is 0 Å². The van der Waals surface area contributed by atoms with E-state index in [0.717, 1.165) is 28.1 Å². The number of halogens is 1. The molecule has 0 saturated carbocycles. The molecular weight excluding hydrogens is 282 g/mol. The highest BCUT2D eigenvalue weighted by atomic mass is 79.9. The van der Waals surface area contributed by atoms with Gasteiger partial charge in [0.25, 0.3) is 0 Å². The molecule has 1 N–H and O–H groups in total. The lowest BCUT2D eigenvalue weighted by Crippen LogP contribution is -2.16. The quantitative estimate of drug-likeness (QED) is 0.930. The van der Waals surface area contributed by atoms with E-state index < -0.39 is 0 Å². The summed E-state index contributed by atoms with van der Waals surface area (Å²) >= 11 is 3.54. The van der Waals surface area contributed by atoms with E-state index in [2.05, 4.69) is 36.5 Å². The zero-order valence-electron chi connectivity index (χ0n) is 9.81. The fourth-order valence-electron chi connectivity index (χ4n) is 1.61. The zero-order valence-corrected chi connectivity index (χ0v) is 11.4. The molecule has 0 atom stereocenters. The molecule has 90 valence electrons. The first-order valence-corrected chi connectivity index (χ1v) is 6.13. The molecular formula is C11H14BrN5. The van der Waals surface area contributed by atoms with Gasteiger partial charge in [0, 0.05) is 26.3 Å². The Labute approximate surface area is 108 Å². The van der Waals surface area contributed by atoms with Gasteiger partial charge < -0.3 is 5.32 Å². The van der Waals surface area contributed by atoms with Crippen molar-refractivity contribution in [2.24, 2.45) is 7.05 Å². The van der Waals surface area contributed by atoms with Crippen molar-refractivity contribution in [3.05, 3.63) is 39.9 Å². The van der Waals surface area contributed by atoms with Crippen molar-refractivity contribution < 1.29 is 0 Å². The Morgan fingerprint density at radius 1 is 1.41 bits per heavy atom. The number of nitrogens with one attached hydrogen (secondary N) is 1. The maximum atomic E-state index is 4.34. The summed E-state index contributed by atoms with van der Waals surface area (Å²) in [7, 11) is 1.94. The first kappa shape index (κ1) is 12.2. The molecule has 2 heterocycles. The molecule has 0 spiro atoms. The number of rotatable bonds is 4. The second kappa shape index (κ2) is 5.37. The Morgan fingerprint density at radius 2 is 2.24 bits per heavy atom. The fraction of sp³-hybridized carbons (Fsp3) is 0.364. The summed E-state index contributed by atoms with van der Waals surface area (Å²) in [4.78, 5) is 0. The summed E-state index contributed by atoms with van der Waals surface area (Å²) < 4.78 is 2.94. The Balaban J connectivity index is 1.95. The van der Waals surface area contributed by atoms with Crippen LogP contribution in [0.15, 0.2) is 22.8 Å². The maximum Gasteiger partial charge on any atom is 0.0769 e. The Kier molecular flexibility index (Phi) is 3.86.